The molecule has 132 valence electrons. The molecule has 0 aliphatic carbocycles. The maximum absolute atomic E-state index is 13.1. The second-order valence-electron chi connectivity index (χ2n) is 5.46. The number of halogens is 4. The summed E-state index contributed by atoms with van der Waals surface area (Å²) < 4.78 is 57.1. The van der Waals surface area contributed by atoms with Gasteiger partial charge in [-0.3, -0.25) is 9.59 Å². The van der Waals surface area contributed by atoms with E-state index in [0.717, 1.165) is 12.1 Å². The molecule has 0 aromatic heterocycles. The van der Waals surface area contributed by atoms with Crippen LogP contribution >= 0.6 is 0 Å². The number of carbonyl (C=O) groups is 2. The highest BCUT2D eigenvalue weighted by Crippen LogP contribution is 2.35. The molecule has 1 saturated heterocycles. The standard InChI is InChI=1S/C15H16F4N2O3/c1-8-9(2)24-6-5-21(8)14(23)13(22)20-12-4-3-10(16)7-11(12)15(17,18)19/h3-4,7-9H,5-6H2,1-2H3,(H,20,22). The van der Waals surface area contributed by atoms with Crippen molar-refractivity contribution in [3.63, 3.8) is 0 Å². The van der Waals surface area contributed by atoms with E-state index < -0.39 is 41.1 Å². The average Bonchev–Trinajstić information content (AvgIpc) is 2.50. The third-order valence-corrected chi connectivity index (χ3v) is 3.87. The number of benzene rings is 1. The molecule has 2 unspecified atom stereocenters. The lowest BCUT2D eigenvalue weighted by atomic mass is 10.1. The van der Waals surface area contributed by atoms with Crippen LogP contribution in [-0.2, 0) is 20.5 Å². The highest BCUT2D eigenvalue weighted by Gasteiger charge is 2.36. The Balaban J connectivity index is 2.19. The first-order valence-corrected chi connectivity index (χ1v) is 7.21. The van der Waals surface area contributed by atoms with Crippen LogP contribution in [0.2, 0.25) is 0 Å². The number of ether oxygens (including phenoxy) is 1. The van der Waals surface area contributed by atoms with Crippen LogP contribution in [0.3, 0.4) is 0 Å². The van der Waals surface area contributed by atoms with Crippen LogP contribution < -0.4 is 5.32 Å². The van der Waals surface area contributed by atoms with Crippen LogP contribution in [0, 0.1) is 5.82 Å². The number of hydrogen-bond acceptors (Lipinski definition) is 3. The van der Waals surface area contributed by atoms with Crippen LogP contribution in [0.15, 0.2) is 18.2 Å². The van der Waals surface area contributed by atoms with Gasteiger partial charge in [0.15, 0.2) is 0 Å². The van der Waals surface area contributed by atoms with Crippen LogP contribution in [0.5, 0.6) is 0 Å². The van der Waals surface area contributed by atoms with Crippen molar-refractivity contribution >= 4 is 17.5 Å². The monoisotopic (exact) mass is 348 g/mol. The van der Waals surface area contributed by atoms with Gasteiger partial charge in [0.2, 0.25) is 0 Å². The average molecular weight is 348 g/mol. The SMILES string of the molecule is CC1OCCN(C(=O)C(=O)Nc2ccc(F)cc2C(F)(F)F)C1C. The first-order chi connectivity index (χ1) is 11.1. The van der Waals surface area contributed by atoms with Crippen molar-refractivity contribution in [3.8, 4) is 0 Å². The molecule has 0 radical (unpaired) electrons. The summed E-state index contributed by atoms with van der Waals surface area (Å²) in [6.45, 7) is 3.79. The molecule has 1 fully saturated rings. The molecule has 2 rings (SSSR count). The van der Waals surface area contributed by atoms with Gasteiger partial charge in [-0.2, -0.15) is 13.2 Å². The van der Waals surface area contributed by atoms with Crippen LogP contribution in [0.1, 0.15) is 19.4 Å². The number of rotatable bonds is 1. The summed E-state index contributed by atoms with van der Waals surface area (Å²) in [5.41, 5.74) is -2.02. The van der Waals surface area contributed by atoms with Gasteiger partial charge in [-0.15, -0.1) is 0 Å². The topological polar surface area (TPSA) is 58.6 Å². The second-order valence-corrected chi connectivity index (χ2v) is 5.46. The smallest absolute Gasteiger partial charge is 0.375 e. The summed E-state index contributed by atoms with van der Waals surface area (Å²) in [5, 5.41) is 1.92. The molecule has 1 aromatic rings. The molecule has 2 atom stereocenters. The zero-order valence-corrected chi connectivity index (χ0v) is 13.0. The lowest BCUT2D eigenvalue weighted by Gasteiger charge is -2.37. The molecule has 2 amide bonds. The Kier molecular flexibility index (Phi) is 5.12. The zero-order chi connectivity index (χ0) is 18.1. The maximum Gasteiger partial charge on any atom is 0.418 e. The summed E-state index contributed by atoms with van der Waals surface area (Å²) in [5.74, 6) is -3.27. The van der Waals surface area contributed by atoms with Crippen molar-refractivity contribution in [2.75, 3.05) is 18.5 Å². The number of nitrogens with zero attached hydrogens (tertiary/aromatic N) is 1. The van der Waals surface area contributed by atoms with Crippen LogP contribution in [0.25, 0.3) is 0 Å². The first-order valence-electron chi connectivity index (χ1n) is 7.21. The van der Waals surface area contributed by atoms with Crippen molar-refractivity contribution in [2.24, 2.45) is 0 Å². The molecular weight excluding hydrogens is 332 g/mol. The van der Waals surface area contributed by atoms with E-state index in [1.54, 1.807) is 13.8 Å². The maximum atomic E-state index is 13.1. The number of nitrogens with one attached hydrogen (secondary N) is 1. The second kappa shape index (κ2) is 6.76. The lowest BCUT2D eigenvalue weighted by molar-refractivity contribution is -0.152. The summed E-state index contributed by atoms with van der Waals surface area (Å²) in [6, 6.07) is 1.41. The van der Waals surface area contributed by atoms with Gasteiger partial charge < -0.3 is 15.0 Å². The van der Waals surface area contributed by atoms with Gasteiger partial charge in [-0.1, -0.05) is 0 Å². The fourth-order valence-electron chi connectivity index (χ4n) is 2.39. The van der Waals surface area contributed by atoms with E-state index in [-0.39, 0.29) is 25.3 Å². The molecule has 24 heavy (non-hydrogen) atoms. The van der Waals surface area contributed by atoms with Crippen molar-refractivity contribution < 1.29 is 31.9 Å². The number of anilines is 1. The Hall–Kier alpha value is -2.16. The number of alkyl halides is 3. The Morgan fingerprint density at radius 2 is 1.96 bits per heavy atom. The van der Waals surface area contributed by atoms with E-state index in [0.29, 0.717) is 0 Å². The lowest BCUT2D eigenvalue weighted by Crippen LogP contribution is -2.54. The van der Waals surface area contributed by atoms with Gasteiger partial charge in [0.25, 0.3) is 0 Å². The van der Waals surface area contributed by atoms with Crippen LogP contribution in [0.4, 0.5) is 23.2 Å². The largest absolute Gasteiger partial charge is 0.418 e. The quantitative estimate of drug-likeness (QED) is 0.626. The Bertz CT molecular complexity index is 648. The minimum Gasteiger partial charge on any atom is -0.375 e. The predicted octanol–water partition coefficient (Wildman–Crippen LogP) is 2.42. The van der Waals surface area contributed by atoms with Crippen molar-refractivity contribution in [2.45, 2.75) is 32.2 Å². The number of morpholine rings is 1. The molecule has 5 nitrogen and oxygen atoms in total. The number of amides is 2. The van der Waals surface area contributed by atoms with Crippen LogP contribution in [-0.4, -0.2) is 42.0 Å². The van der Waals surface area contributed by atoms with Crippen molar-refractivity contribution in [1.29, 1.82) is 0 Å². The summed E-state index contributed by atoms with van der Waals surface area (Å²) >= 11 is 0. The molecule has 1 N–H and O–H groups in total. The van der Waals surface area contributed by atoms with Gasteiger partial charge in [-0.05, 0) is 32.0 Å². The number of hydrogen-bond donors (Lipinski definition) is 1. The van der Waals surface area contributed by atoms with E-state index in [4.69, 9.17) is 4.74 Å². The Morgan fingerprint density at radius 1 is 1.29 bits per heavy atom. The molecule has 0 bridgehead atoms. The zero-order valence-electron chi connectivity index (χ0n) is 13.0. The Morgan fingerprint density at radius 3 is 2.58 bits per heavy atom. The summed E-state index contributed by atoms with van der Waals surface area (Å²) in [4.78, 5) is 25.4. The molecule has 0 saturated carbocycles. The number of carbonyl (C=O) groups excluding carboxylic acids is 2. The van der Waals surface area contributed by atoms with Gasteiger partial charge in [0.1, 0.15) is 5.82 Å². The fraction of sp³-hybridized carbons (Fsp3) is 0.467. The van der Waals surface area contributed by atoms with Crippen molar-refractivity contribution in [1.82, 2.24) is 4.90 Å². The predicted molar refractivity (Wildman–Crippen MR) is 76.6 cm³/mol. The van der Waals surface area contributed by atoms with E-state index in [9.17, 15) is 27.2 Å². The third kappa shape index (κ3) is 3.84. The van der Waals surface area contributed by atoms with E-state index in [1.807, 2.05) is 5.32 Å². The van der Waals surface area contributed by atoms with Gasteiger partial charge in [0, 0.05) is 6.54 Å². The van der Waals surface area contributed by atoms with Gasteiger partial charge >= 0.3 is 18.0 Å². The molecule has 9 heteroatoms. The molecule has 1 aliphatic heterocycles. The summed E-state index contributed by atoms with van der Waals surface area (Å²) in [7, 11) is 0. The highest BCUT2D eigenvalue weighted by atomic mass is 19.4. The fourth-order valence-corrected chi connectivity index (χ4v) is 2.39. The van der Waals surface area contributed by atoms with E-state index >= 15 is 0 Å². The van der Waals surface area contributed by atoms with Crippen molar-refractivity contribution in [3.05, 3.63) is 29.6 Å². The Labute approximate surface area is 135 Å². The minimum atomic E-state index is -4.87. The molecule has 1 aliphatic rings. The highest BCUT2D eigenvalue weighted by molar-refractivity contribution is 6.39. The van der Waals surface area contributed by atoms with Gasteiger partial charge in [0.05, 0.1) is 30.0 Å². The van der Waals surface area contributed by atoms with E-state index in [1.165, 1.54) is 4.90 Å². The van der Waals surface area contributed by atoms with E-state index in [2.05, 4.69) is 0 Å². The first kappa shape index (κ1) is 18.2. The molecule has 0 spiro atoms. The summed E-state index contributed by atoms with van der Waals surface area (Å²) in [6.07, 6.45) is -5.17. The molecule has 1 heterocycles. The minimum absolute atomic E-state index is 0.160. The normalized spacial score (nSPS) is 21.5. The molecule has 1 aromatic carbocycles. The third-order valence-electron chi connectivity index (χ3n) is 3.87. The molecular formula is C15H16F4N2O3. The van der Waals surface area contributed by atoms with Gasteiger partial charge in [-0.25, -0.2) is 4.39 Å².